The maximum atomic E-state index is 12.1. The highest BCUT2D eigenvalue weighted by atomic mass is 16.4. The molecule has 2 aromatic rings. The van der Waals surface area contributed by atoms with Crippen molar-refractivity contribution in [2.24, 2.45) is 0 Å². The molecule has 0 saturated heterocycles. The van der Waals surface area contributed by atoms with Crippen molar-refractivity contribution in [2.45, 2.75) is 32.6 Å². The third-order valence-electron chi connectivity index (χ3n) is 3.83. The Balaban J connectivity index is 1.98. The number of benzene rings is 2. The minimum atomic E-state index is -0.863. The molecule has 0 fully saturated rings. The maximum Gasteiger partial charge on any atom is 0.310 e. The van der Waals surface area contributed by atoms with Crippen LogP contribution < -0.4 is 5.32 Å². The van der Waals surface area contributed by atoms with E-state index in [-0.39, 0.29) is 5.91 Å². The highest BCUT2D eigenvalue weighted by Crippen LogP contribution is 2.18. The van der Waals surface area contributed by atoms with Gasteiger partial charge in [-0.05, 0) is 42.2 Å². The first kappa shape index (κ1) is 16.7. The highest BCUT2D eigenvalue weighted by molar-refractivity contribution is 5.92. The van der Waals surface area contributed by atoms with Crippen molar-refractivity contribution in [3.63, 3.8) is 0 Å². The van der Waals surface area contributed by atoms with Crippen LogP contribution in [0.15, 0.2) is 48.5 Å². The number of rotatable bonds is 6. The Morgan fingerprint density at radius 1 is 1.09 bits per heavy atom. The third-order valence-corrected chi connectivity index (χ3v) is 3.83. The first-order chi connectivity index (χ1) is 11.0. The summed E-state index contributed by atoms with van der Waals surface area (Å²) in [5.74, 6) is -1.51. The van der Waals surface area contributed by atoms with E-state index in [0.29, 0.717) is 17.7 Å². The number of nitrogens with one attached hydrogen (secondary N) is 1. The van der Waals surface area contributed by atoms with Gasteiger partial charge in [-0.1, -0.05) is 43.3 Å². The minimum Gasteiger partial charge on any atom is -0.481 e. The molecule has 4 heteroatoms. The van der Waals surface area contributed by atoms with Crippen molar-refractivity contribution in [1.29, 1.82) is 0 Å². The summed E-state index contributed by atoms with van der Waals surface area (Å²) >= 11 is 0. The van der Waals surface area contributed by atoms with E-state index in [4.69, 9.17) is 5.11 Å². The predicted octanol–water partition coefficient (Wildman–Crippen LogP) is 3.62. The lowest BCUT2D eigenvalue weighted by molar-refractivity contribution is -0.138. The summed E-state index contributed by atoms with van der Waals surface area (Å²) in [7, 11) is 0. The molecule has 1 unspecified atom stereocenters. The molecule has 0 spiro atoms. The Kier molecular flexibility index (Phi) is 5.52. The van der Waals surface area contributed by atoms with Gasteiger partial charge in [-0.2, -0.15) is 0 Å². The molecule has 2 rings (SSSR count). The second-order valence-electron chi connectivity index (χ2n) is 5.58. The zero-order valence-electron chi connectivity index (χ0n) is 13.4. The first-order valence-corrected chi connectivity index (χ1v) is 7.70. The van der Waals surface area contributed by atoms with Gasteiger partial charge in [0, 0.05) is 5.69 Å². The van der Waals surface area contributed by atoms with Crippen LogP contribution in [0.3, 0.4) is 0 Å². The number of carbonyl (C=O) groups excluding carboxylic acids is 1. The normalized spacial score (nSPS) is 11.7. The Hall–Kier alpha value is -2.62. The zero-order valence-corrected chi connectivity index (χ0v) is 13.4. The van der Waals surface area contributed by atoms with Crippen molar-refractivity contribution in [1.82, 2.24) is 0 Å². The molecule has 4 nitrogen and oxygen atoms in total. The molecule has 1 atom stereocenters. The second kappa shape index (κ2) is 7.58. The second-order valence-corrected chi connectivity index (χ2v) is 5.58. The van der Waals surface area contributed by atoms with Crippen LogP contribution in [0.4, 0.5) is 5.69 Å². The van der Waals surface area contributed by atoms with E-state index in [0.717, 1.165) is 12.0 Å². The zero-order chi connectivity index (χ0) is 16.8. The van der Waals surface area contributed by atoms with Crippen molar-refractivity contribution < 1.29 is 14.7 Å². The molecule has 0 radical (unpaired) electrons. The molecule has 2 N–H and O–H groups in total. The number of aliphatic carboxylic acids is 1. The van der Waals surface area contributed by atoms with Crippen LogP contribution in [0.5, 0.6) is 0 Å². The van der Waals surface area contributed by atoms with Gasteiger partial charge in [-0.3, -0.25) is 9.59 Å². The van der Waals surface area contributed by atoms with Crippen molar-refractivity contribution in [3.8, 4) is 0 Å². The molecular formula is C19H21NO3. The van der Waals surface area contributed by atoms with E-state index in [9.17, 15) is 9.59 Å². The van der Waals surface area contributed by atoms with E-state index in [1.54, 1.807) is 31.2 Å². The monoisotopic (exact) mass is 311 g/mol. The molecule has 0 aliphatic rings. The van der Waals surface area contributed by atoms with Gasteiger partial charge in [0.15, 0.2) is 0 Å². The van der Waals surface area contributed by atoms with Crippen LogP contribution in [-0.2, 0) is 22.4 Å². The van der Waals surface area contributed by atoms with E-state index in [1.807, 2.05) is 24.3 Å². The summed E-state index contributed by atoms with van der Waals surface area (Å²) in [4.78, 5) is 23.1. The average molecular weight is 311 g/mol. The Morgan fingerprint density at radius 2 is 1.74 bits per heavy atom. The van der Waals surface area contributed by atoms with Gasteiger partial charge in [0.1, 0.15) is 0 Å². The number of aryl methyl sites for hydroxylation is 1. The molecule has 0 bridgehead atoms. The number of amides is 1. The smallest absolute Gasteiger partial charge is 0.310 e. The van der Waals surface area contributed by atoms with E-state index in [1.165, 1.54) is 5.56 Å². The van der Waals surface area contributed by atoms with Gasteiger partial charge in [0.2, 0.25) is 5.91 Å². The largest absolute Gasteiger partial charge is 0.481 e. The lowest BCUT2D eigenvalue weighted by Gasteiger charge is -2.09. The molecule has 1 amide bonds. The lowest BCUT2D eigenvalue weighted by atomic mass is 10.0. The van der Waals surface area contributed by atoms with Crippen LogP contribution in [-0.4, -0.2) is 17.0 Å². The molecular weight excluding hydrogens is 290 g/mol. The van der Waals surface area contributed by atoms with Crippen LogP contribution in [0.1, 0.15) is 36.5 Å². The summed E-state index contributed by atoms with van der Waals surface area (Å²) in [6.07, 6.45) is 1.26. The van der Waals surface area contributed by atoms with Gasteiger partial charge < -0.3 is 10.4 Å². The van der Waals surface area contributed by atoms with Crippen LogP contribution in [0, 0.1) is 0 Å². The highest BCUT2D eigenvalue weighted by Gasteiger charge is 2.13. The summed E-state index contributed by atoms with van der Waals surface area (Å²) in [6, 6.07) is 14.9. The van der Waals surface area contributed by atoms with E-state index < -0.39 is 11.9 Å². The molecule has 2 aromatic carbocycles. The van der Waals surface area contributed by atoms with Crippen LogP contribution >= 0.6 is 0 Å². The summed E-state index contributed by atoms with van der Waals surface area (Å²) in [6.45, 7) is 3.72. The first-order valence-electron chi connectivity index (χ1n) is 7.70. The summed E-state index contributed by atoms with van der Waals surface area (Å²) in [5, 5.41) is 11.8. The van der Waals surface area contributed by atoms with Crippen molar-refractivity contribution >= 4 is 17.6 Å². The summed E-state index contributed by atoms with van der Waals surface area (Å²) in [5.41, 5.74) is 3.58. The lowest BCUT2D eigenvalue weighted by Crippen LogP contribution is -2.14. The minimum absolute atomic E-state index is 0.0858. The molecule has 23 heavy (non-hydrogen) atoms. The van der Waals surface area contributed by atoms with E-state index >= 15 is 0 Å². The van der Waals surface area contributed by atoms with Crippen molar-refractivity contribution in [2.75, 3.05) is 5.32 Å². The fraction of sp³-hybridized carbons (Fsp3) is 0.263. The quantitative estimate of drug-likeness (QED) is 0.856. The molecule has 0 aromatic heterocycles. The number of carboxylic acid groups (broad SMARTS) is 1. The van der Waals surface area contributed by atoms with Crippen LogP contribution in [0.2, 0.25) is 0 Å². The molecule has 0 aliphatic heterocycles. The van der Waals surface area contributed by atoms with Crippen molar-refractivity contribution in [3.05, 3.63) is 65.2 Å². The van der Waals surface area contributed by atoms with Gasteiger partial charge in [0.05, 0.1) is 12.3 Å². The van der Waals surface area contributed by atoms with Crippen LogP contribution in [0.25, 0.3) is 0 Å². The Morgan fingerprint density at radius 3 is 2.35 bits per heavy atom. The van der Waals surface area contributed by atoms with Gasteiger partial charge in [0.25, 0.3) is 0 Å². The number of hydrogen-bond acceptors (Lipinski definition) is 2. The fourth-order valence-corrected chi connectivity index (χ4v) is 2.35. The Labute approximate surface area is 136 Å². The van der Waals surface area contributed by atoms with Gasteiger partial charge >= 0.3 is 5.97 Å². The standard InChI is InChI=1S/C19H21NO3/c1-3-14-5-4-6-15(11-14)12-18(21)20-17-9-7-16(8-10-17)13(2)19(22)23/h4-11,13H,3,12H2,1-2H3,(H,20,21)(H,22,23). The van der Waals surface area contributed by atoms with Gasteiger partial charge in [-0.15, -0.1) is 0 Å². The fourth-order valence-electron chi connectivity index (χ4n) is 2.35. The summed E-state index contributed by atoms with van der Waals surface area (Å²) < 4.78 is 0. The Bertz CT molecular complexity index is 692. The number of anilines is 1. The SMILES string of the molecule is CCc1cccc(CC(=O)Nc2ccc(C(C)C(=O)O)cc2)c1. The number of hydrogen-bond donors (Lipinski definition) is 2. The molecule has 120 valence electrons. The number of carboxylic acids is 1. The molecule has 0 heterocycles. The topological polar surface area (TPSA) is 66.4 Å². The van der Waals surface area contributed by atoms with Gasteiger partial charge in [-0.25, -0.2) is 0 Å². The predicted molar refractivity (Wildman–Crippen MR) is 90.6 cm³/mol. The average Bonchev–Trinajstić information content (AvgIpc) is 2.54. The maximum absolute atomic E-state index is 12.1. The molecule has 0 saturated carbocycles. The third kappa shape index (κ3) is 4.68. The molecule has 0 aliphatic carbocycles. The number of carbonyl (C=O) groups is 2. The van der Waals surface area contributed by atoms with E-state index in [2.05, 4.69) is 12.2 Å².